The van der Waals surface area contributed by atoms with Gasteiger partial charge in [-0.15, -0.1) is 0 Å². The summed E-state index contributed by atoms with van der Waals surface area (Å²) in [5.74, 6) is -0.887. The summed E-state index contributed by atoms with van der Waals surface area (Å²) in [5, 5.41) is 3.22. The van der Waals surface area contributed by atoms with E-state index >= 15 is 0 Å². The van der Waals surface area contributed by atoms with Gasteiger partial charge in [-0.05, 0) is 91.9 Å². The third-order valence-electron chi connectivity index (χ3n) is 8.94. The van der Waals surface area contributed by atoms with Gasteiger partial charge in [-0.25, -0.2) is 12.8 Å². The second-order valence-electron chi connectivity index (χ2n) is 12.4. The zero-order chi connectivity index (χ0) is 34.8. The van der Waals surface area contributed by atoms with Gasteiger partial charge < -0.3 is 15.0 Å². The number of hydrogen-bond donors (Lipinski definition) is 1. The molecule has 5 rings (SSSR count). The lowest BCUT2D eigenvalue weighted by Crippen LogP contribution is -2.55. The minimum atomic E-state index is -4.33. The number of amides is 2. The molecule has 1 atom stereocenters. The van der Waals surface area contributed by atoms with Crippen LogP contribution in [0.1, 0.15) is 55.7 Å². The third-order valence-corrected chi connectivity index (χ3v) is 10.7. The van der Waals surface area contributed by atoms with E-state index in [4.69, 9.17) is 4.74 Å². The quantitative estimate of drug-likeness (QED) is 0.157. The summed E-state index contributed by atoms with van der Waals surface area (Å²) in [4.78, 5) is 30.4. The number of sulfonamides is 1. The van der Waals surface area contributed by atoms with Crippen molar-refractivity contribution in [3.05, 3.63) is 126 Å². The Hall–Kier alpha value is -4.70. The van der Waals surface area contributed by atoms with Crippen LogP contribution in [-0.4, -0.2) is 50.4 Å². The van der Waals surface area contributed by atoms with Crippen LogP contribution in [0, 0.1) is 12.7 Å². The van der Waals surface area contributed by atoms with Crippen LogP contribution in [0.4, 0.5) is 10.1 Å². The van der Waals surface area contributed by atoms with Crippen molar-refractivity contribution < 1.29 is 27.1 Å². The van der Waals surface area contributed by atoms with E-state index in [-0.39, 0.29) is 35.5 Å². The van der Waals surface area contributed by atoms with Gasteiger partial charge in [-0.2, -0.15) is 0 Å². The number of nitrogens with one attached hydrogen (secondary N) is 1. The van der Waals surface area contributed by atoms with Gasteiger partial charge in [0, 0.05) is 19.0 Å². The Morgan fingerprint density at radius 3 is 2.18 bits per heavy atom. The molecule has 0 bridgehead atoms. The topological polar surface area (TPSA) is 96.0 Å². The molecule has 2 amide bonds. The Morgan fingerprint density at radius 2 is 1.53 bits per heavy atom. The van der Waals surface area contributed by atoms with Gasteiger partial charge in [0.15, 0.2) is 0 Å². The molecule has 49 heavy (non-hydrogen) atoms. The highest BCUT2D eigenvalue weighted by atomic mass is 32.2. The fourth-order valence-corrected chi connectivity index (χ4v) is 7.62. The van der Waals surface area contributed by atoms with Crippen LogP contribution in [0.15, 0.2) is 108 Å². The first kappa shape index (κ1) is 35.6. The average Bonchev–Trinajstić information content (AvgIpc) is 3.11. The van der Waals surface area contributed by atoms with E-state index in [9.17, 15) is 22.4 Å². The van der Waals surface area contributed by atoms with Crippen LogP contribution in [-0.2, 0) is 32.6 Å². The standard InChI is InChI=1S/C39H44FN3O5S/c1-3-48-35-22-24-36(25-23-35)49(46,47)43(34-20-18-32(40)19-21-34)28-38(44)42(27-31-15-11-10-12-29(31)2)37(26-30-13-6-4-7-14-30)39(45)41-33-16-8-5-9-17-33/h4,6-7,10-15,18-25,33,37H,3,5,8-9,16-17,26-28H2,1-2H3,(H,41,45). The normalized spacial score (nSPS) is 14.1. The number of carbonyl (C=O) groups is 2. The third kappa shape index (κ3) is 9.26. The lowest BCUT2D eigenvalue weighted by Gasteiger charge is -2.35. The monoisotopic (exact) mass is 685 g/mol. The minimum absolute atomic E-state index is 0.00527. The van der Waals surface area contributed by atoms with Gasteiger partial charge in [-0.3, -0.25) is 13.9 Å². The molecule has 0 spiro atoms. The van der Waals surface area contributed by atoms with E-state index in [1.807, 2.05) is 68.4 Å². The fourth-order valence-electron chi connectivity index (χ4n) is 6.21. The van der Waals surface area contributed by atoms with E-state index in [1.54, 1.807) is 12.1 Å². The molecular formula is C39H44FN3O5S. The molecule has 4 aromatic rings. The van der Waals surface area contributed by atoms with Crippen molar-refractivity contribution in [1.29, 1.82) is 0 Å². The van der Waals surface area contributed by atoms with Gasteiger partial charge in [0.1, 0.15) is 24.2 Å². The first-order valence-electron chi connectivity index (χ1n) is 16.8. The van der Waals surface area contributed by atoms with Crippen molar-refractivity contribution in [2.75, 3.05) is 17.5 Å². The molecule has 4 aromatic carbocycles. The molecule has 0 heterocycles. The van der Waals surface area contributed by atoms with E-state index in [0.717, 1.165) is 65.2 Å². The van der Waals surface area contributed by atoms with Crippen LogP contribution in [0.5, 0.6) is 5.75 Å². The number of hydrogen-bond acceptors (Lipinski definition) is 5. The van der Waals surface area contributed by atoms with Gasteiger partial charge in [0.2, 0.25) is 11.8 Å². The number of halogens is 1. The van der Waals surface area contributed by atoms with E-state index in [1.165, 1.54) is 29.2 Å². The predicted octanol–water partition coefficient (Wildman–Crippen LogP) is 6.82. The summed E-state index contributed by atoms with van der Waals surface area (Å²) in [6.45, 7) is 3.65. The van der Waals surface area contributed by atoms with Crippen molar-refractivity contribution in [2.45, 2.75) is 75.9 Å². The zero-order valence-corrected chi connectivity index (χ0v) is 28.9. The van der Waals surface area contributed by atoms with Crippen molar-refractivity contribution >= 4 is 27.5 Å². The highest BCUT2D eigenvalue weighted by Gasteiger charge is 2.35. The lowest BCUT2D eigenvalue weighted by molar-refractivity contribution is -0.140. The summed E-state index contributed by atoms with van der Waals surface area (Å²) in [6, 6.07) is 27.1. The van der Waals surface area contributed by atoms with Crippen molar-refractivity contribution in [1.82, 2.24) is 10.2 Å². The number of anilines is 1. The highest BCUT2D eigenvalue weighted by Crippen LogP contribution is 2.27. The molecular weight excluding hydrogens is 642 g/mol. The van der Waals surface area contributed by atoms with Crippen LogP contribution < -0.4 is 14.4 Å². The van der Waals surface area contributed by atoms with Crippen molar-refractivity contribution in [3.63, 3.8) is 0 Å². The largest absolute Gasteiger partial charge is 0.494 e. The second kappa shape index (κ2) is 16.6. The maximum Gasteiger partial charge on any atom is 0.264 e. The number of rotatable bonds is 14. The number of aryl methyl sites for hydroxylation is 1. The Morgan fingerprint density at radius 1 is 0.878 bits per heavy atom. The Balaban J connectivity index is 1.56. The van der Waals surface area contributed by atoms with Crippen molar-refractivity contribution in [3.8, 4) is 5.75 Å². The van der Waals surface area contributed by atoms with Gasteiger partial charge >= 0.3 is 0 Å². The Labute approximate surface area is 289 Å². The molecule has 1 N–H and O–H groups in total. The SMILES string of the molecule is CCOc1ccc(S(=O)(=O)N(CC(=O)N(Cc2ccccc2C)C(Cc2ccccc2)C(=O)NC2CCCCC2)c2ccc(F)cc2)cc1. The van der Waals surface area contributed by atoms with Gasteiger partial charge in [0.05, 0.1) is 17.2 Å². The van der Waals surface area contributed by atoms with Crippen molar-refractivity contribution in [2.24, 2.45) is 0 Å². The molecule has 0 aliphatic heterocycles. The lowest BCUT2D eigenvalue weighted by atomic mass is 9.94. The summed E-state index contributed by atoms with van der Waals surface area (Å²) in [6.07, 6.45) is 5.15. The number of carbonyl (C=O) groups excluding carboxylic acids is 2. The summed E-state index contributed by atoms with van der Waals surface area (Å²) < 4.78 is 49.0. The molecule has 10 heteroatoms. The molecule has 1 saturated carbocycles. The minimum Gasteiger partial charge on any atom is -0.494 e. The maximum atomic E-state index is 14.7. The molecule has 1 fully saturated rings. The molecule has 0 saturated heterocycles. The van der Waals surface area contributed by atoms with E-state index in [2.05, 4.69) is 5.32 Å². The van der Waals surface area contributed by atoms with Gasteiger partial charge in [-0.1, -0.05) is 73.9 Å². The maximum absolute atomic E-state index is 14.7. The molecule has 1 unspecified atom stereocenters. The number of nitrogens with zero attached hydrogens (tertiary/aromatic N) is 2. The Kier molecular flexibility index (Phi) is 12.1. The number of ether oxygens (including phenoxy) is 1. The first-order valence-corrected chi connectivity index (χ1v) is 18.3. The summed E-state index contributed by atoms with van der Waals surface area (Å²) >= 11 is 0. The smallest absolute Gasteiger partial charge is 0.264 e. The van der Waals surface area contributed by atoms with E-state index < -0.39 is 34.3 Å². The fraction of sp³-hybridized carbons (Fsp3) is 0.333. The molecule has 8 nitrogen and oxygen atoms in total. The van der Waals surface area contributed by atoms with Crippen LogP contribution >= 0.6 is 0 Å². The molecule has 0 aromatic heterocycles. The molecule has 1 aliphatic rings. The van der Waals surface area contributed by atoms with Crippen LogP contribution in [0.2, 0.25) is 0 Å². The second-order valence-corrected chi connectivity index (χ2v) is 14.3. The molecule has 0 radical (unpaired) electrons. The summed E-state index contributed by atoms with van der Waals surface area (Å²) in [5.41, 5.74) is 2.75. The predicted molar refractivity (Wildman–Crippen MR) is 189 cm³/mol. The first-order chi connectivity index (χ1) is 23.7. The highest BCUT2D eigenvalue weighted by molar-refractivity contribution is 7.92. The van der Waals surface area contributed by atoms with Crippen LogP contribution in [0.25, 0.3) is 0 Å². The average molecular weight is 686 g/mol. The van der Waals surface area contributed by atoms with Crippen LogP contribution in [0.3, 0.4) is 0 Å². The summed E-state index contributed by atoms with van der Waals surface area (Å²) in [7, 11) is -4.33. The number of benzene rings is 4. The Bertz CT molecular complexity index is 1790. The van der Waals surface area contributed by atoms with Gasteiger partial charge in [0.25, 0.3) is 10.0 Å². The van der Waals surface area contributed by atoms with E-state index in [0.29, 0.717) is 12.4 Å². The zero-order valence-electron chi connectivity index (χ0n) is 28.1. The molecule has 258 valence electrons. The molecule has 1 aliphatic carbocycles.